The van der Waals surface area contributed by atoms with Crippen LogP contribution in [0, 0.1) is 0 Å². The Hall–Kier alpha value is -0.700. The van der Waals surface area contributed by atoms with Gasteiger partial charge in [-0.25, -0.2) is 9.66 Å². The average molecular weight is 200 g/mol. The standard InChI is InChI=1S/C9H14ClN3/c10-6-9-7-11-8-13(9)12-4-2-1-3-5-12/h7-8H,1-6H2. The van der Waals surface area contributed by atoms with Crippen molar-refractivity contribution >= 4 is 11.6 Å². The molecule has 0 atom stereocenters. The van der Waals surface area contributed by atoms with Gasteiger partial charge in [0.1, 0.15) is 6.33 Å². The van der Waals surface area contributed by atoms with Crippen molar-refractivity contribution in [2.75, 3.05) is 18.1 Å². The minimum atomic E-state index is 0.538. The summed E-state index contributed by atoms with van der Waals surface area (Å²) in [6.45, 7) is 2.25. The summed E-state index contributed by atoms with van der Waals surface area (Å²) in [5, 5.41) is 2.31. The highest BCUT2D eigenvalue weighted by Gasteiger charge is 2.12. The number of halogens is 1. The molecule has 0 radical (unpaired) electrons. The normalized spacial score (nSPS) is 17.8. The number of imidazole rings is 1. The lowest BCUT2D eigenvalue weighted by Crippen LogP contribution is -2.39. The molecule has 0 unspecified atom stereocenters. The molecule has 1 saturated heterocycles. The number of piperidine rings is 1. The second-order valence-electron chi connectivity index (χ2n) is 3.38. The molecule has 1 aliphatic rings. The van der Waals surface area contributed by atoms with Gasteiger partial charge in [-0.05, 0) is 19.3 Å². The zero-order valence-electron chi connectivity index (χ0n) is 7.62. The summed E-state index contributed by atoms with van der Waals surface area (Å²) in [7, 11) is 0. The molecule has 13 heavy (non-hydrogen) atoms. The predicted octanol–water partition coefficient (Wildman–Crippen LogP) is 1.74. The quantitative estimate of drug-likeness (QED) is 0.677. The third-order valence-corrected chi connectivity index (χ3v) is 2.74. The monoisotopic (exact) mass is 199 g/mol. The van der Waals surface area contributed by atoms with Gasteiger partial charge in [-0.15, -0.1) is 11.6 Å². The Kier molecular flexibility index (Phi) is 2.74. The van der Waals surface area contributed by atoms with E-state index in [1.807, 2.05) is 12.5 Å². The van der Waals surface area contributed by atoms with Crippen molar-refractivity contribution in [1.29, 1.82) is 0 Å². The lowest BCUT2D eigenvalue weighted by molar-refractivity contribution is 0.472. The minimum Gasteiger partial charge on any atom is -0.312 e. The molecule has 3 nitrogen and oxygen atoms in total. The van der Waals surface area contributed by atoms with Crippen molar-refractivity contribution in [3.8, 4) is 0 Å². The molecular formula is C9H14ClN3. The van der Waals surface area contributed by atoms with E-state index in [4.69, 9.17) is 11.6 Å². The first-order chi connectivity index (χ1) is 6.42. The number of aromatic nitrogens is 2. The number of alkyl halides is 1. The fraction of sp³-hybridized carbons (Fsp3) is 0.667. The van der Waals surface area contributed by atoms with Crippen LogP contribution in [0.2, 0.25) is 0 Å². The van der Waals surface area contributed by atoms with Crippen LogP contribution in [0.4, 0.5) is 0 Å². The van der Waals surface area contributed by atoms with E-state index < -0.39 is 0 Å². The van der Waals surface area contributed by atoms with Gasteiger partial charge >= 0.3 is 0 Å². The van der Waals surface area contributed by atoms with Gasteiger partial charge in [0.25, 0.3) is 0 Å². The molecule has 0 saturated carbocycles. The second-order valence-corrected chi connectivity index (χ2v) is 3.64. The van der Waals surface area contributed by atoms with Crippen LogP contribution in [0.25, 0.3) is 0 Å². The molecular weight excluding hydrogens is 186 g/mol. The molecule has 0 N–H and O–H groups in total. The molecule has 0 spiro atoms. The van der Waals surface area contributed by atoms with Crippen LogP contribution in [-0.2, 0) is 5.88 Å². The number of hydrogen-bond acceptors (Lipinski definition) is 2. The zero-order chi connectivity index (χ0) is 9.10. The van der Waals surface area contributed by atoms with E-state index in [1.54, 1.807) is 0 Å². The van der Waals surface area contributed by atoms with Crippen molar-refractivity contribution in [2.45, 2.75) is 25.1 Å². The molecule has 0 aromatic carbocycles. The van der Waals surface area contributed by atoms with Gasteiger partial charge in [0.15, 0.2) is 0 Å². The maximum absolute atomic E-state index is 5.81. The van der Waals surface area contributed by atoms with Gasteiger partial charge < -0.3 is 5.01 Å². The van der Waals surface area contributed by atoms with E-state index in [2.05, 4.69) is 14.7 Å². The third-order valence-electron chi connectivity index (χ3n) is 2.47. The van der Waals surface area contributed by atoms with Crippen molar-refractivity contribution in [1.82, 2.24) is 9.66 Å². The molecule has 0 aliphatic carbocycles. The minimum absolute atomic E-state index is 0.538. The van der Waals surface area contributed by atoms with E-state index in [-0.39, 0.29) is 0 Å². The number of rotatable bonds is 2. The van der Waals surface area contributed by atoms with Crippen LogP contribution in [0.3, 0.4) is 0 Å². The molecule has 0 amide bonds. The average Bonchev–Trinajstić information content (AvgIpc) is 2.67. The molecule has 1 aromatic rings. The molecule has 1 aromatic heterocycles. The molecule has 72 valence electrons. The summed E-state index contributed by atoms with van der Waals surface area (Å²) in [6, 6.07) is 0. The van der Waals surface area contributed by atoms with Gasteiger partial charge in [-0.3, -0.25) is 0 Å². The molecule has 2 heterocycles. The van der Waals surface area contributed by atoms with Gasteiger partial charge in [-0.2, -0.15) is 0 Å². The molecule has 0 bridgehead atoms. The van der Waals surface area contributed by atoms with Crippen LogP contribution in [0.1, 0.15) is 25.0 Å². The first-order valence-corrected chi connectivity index (χ1v) is 5.27. The Bertz CT molecular complexity index is 266. The van der Waals surface area contributed by atoms with Crippen molar-refractivity contribution in [2.24, 2.45) is 0 Å². The SMILES string of the molecule is ClCc1cncn1N1CCCCC1. The second kappa shape index (κ2) is 4.01. The van der Waals surface area contributed by atoms with Crippen molar-refractivity contribution in [3.05, 3.63) is 18.2 Å². The first kappa shape index (κ1) is 8.88. The van der Waals surface area contributed by atoms with E-state index in [0.29, 0.717) is 5.88 Å². The van der Waals surface area contributed by atoms with Crippen LogP contribution in [-0.4, -0.2) is 22.7 Å². The fourth-order valence-electron chi connectivity index (χ4n) is 1.76. The third kappa shape index (κ3) is 1.80. The maximum atomic E-state index is 5.81. The lowest BCUT2D eigenvalue weighted by atomic mass is 10.2. The van der Waals surface area contributed by atoms with Gasteiger partial charge in [0.05, 0.1) is 17.8 Å². The van der Waals surface area contributed by atoms with Gasteiger partial charge in [0.2, 0.25) is 0 Å². The zero-order valence-corrected chi connectivity index (χ0v) is 8.37. The van der Waals surface area contributed by atoms with E-state index in [9.17, 15) is 0 Å². The summed E-state index contributed by atoms with van der Waals surface area (Å²) in [4.78, 5) is 4.11. The highest BCUT2D eigenvalue weighted by Crippen LogP contribution is 2.11. The smallest absolute Gasteiger partial charge is 0.114 e. The highest BCUT2D eigenvalue weighted by atomic mass is 35.5. The maximum Gasteiger partial charge on any atom is 0.114 e. The van der Waals surface area contributed by atoms with Crippen LogP contribution in [0.5, 0.6) is 0 Å². The Morgan fingerprint density at radius 1 is 1.31 bits per heavy atom. The van der Waals surface area contributed by atoms with Crippen LogP contribution >= 0.6 is 11.6 Å². The fourth-order valence-corrected chi connectivity index (χ4v) is 1.95. The summed E-state index contributed by atoms with van der Waals surface area (Å²) >= 11 is 5.81. The summed E-state index contributed by atoms with van der Waals surface area (Å²) in [5.41, 5.74) is 1.09. The molecule has 4 heteroatoms. The summed E-state index contributed by atoms with van der Waals surface area (Å²) in [5.74, 6) is 0.538. The number of hydrogen-bond donors (Lipinski definition) is 0. The Morgan fingerprint density at radius 3 is 2.77 bits per heavy atom. The summed E-state index contributed by atoms with van der Waals surface area (Å²) < 4.78 is 2.09. The van der Waals surface area contributed by atoms with E-state index >= 15 is 0 Å². The van der Waals surface area contributed by atoms with Gasteiger partial charge in [-0.1, -0.05) is 0 Å². The first-order valence-electron chi connectivity index (χ1n) is 4.74. The van der Waals surface area contributed by atoms with Crippen molar-refractivity contribution in [3.63, 3.8) is 0 Å². The Morgan fingerprint density at radius 2 is 2.08 bits per heavy atom. The van der Waals surface area contributed by atoms with E-state index in [0.717, 1.165) is 18.8 Å². The van der Waals surface area contributed by atoms with E-state index in [1.165, 1.54) is 19.3 Å². The molecule has 1 aliphatic heterocycles. The Balaban J connectivity index is 2.13. The summed E-state index contributed by atoms with van der Waals surface area (Å²) in [6.07, 6.45) is 7.59. The molecule has 1 fully saturated rings. The van der Waals surface area contributed by atoms with Crippen LogP contribution in [0.15, 0.2) is 12.5 Å². The largest absolute Gasteiger partial charge is 0.312 e. The number of nitrogens with zero attached hydrogens (tertiary/aromatic N) is 3. The van der Waals surface area contributed by atoms with Crippen LogP contribution < -0.4 is 5.01 Å². The van der Waals surface area contributed by atoms with Gasteiger partial charge in [0, 0.05) is 13.1 Å². The van der Waals surface area contributed by atoms with Crippen molar-refractivity contribution < 1.29 is 0 Å². The molecule has 2 rings (SSSR count). The topological polar surface area (TPSA) is 21.1 Å². The predicted molar refractivity (Wildman–Crippen MR) is 53.6 cm³/mol. The Labute approximate surface area is 83.3 Å². The highest BCUT2D eigenvalue weighted by molar-refractivity contribution is 6.16. The lowest BCUT2D eigenvalue weighted by Gasteiger charge is -2.30.